The molecule has 0 aliphatic rings. The normalized spacial score (nSPS) is 14.7. The molecule has 0 aliphatic heterocycles. The van der Waals surface area contributed by atoms with Crippen molar-refractivity contribution in [3.8, 4) is 0 Å². The third kappa shape index (κ3) is 6.16. The summed E-state index contributed by atoms with van der Waals surface area (Å²) >= 11 is 0. The fourth-order valence-corrected chi connectivity index (χ4v) is 10.7. The Balaban J connectivity index is 3.27. The summed E-state index contributed by atoms with van der Waals surface area (Å²) in [7, 11) is -3.90. The molecular formula is C25H46O2Si2. The molecule has 0 heterocycles. The largest absolute Gasteiger partial charge is 0.413 e. The molecule has 0 saturated carbocycles. The van der Waals surface area contributed by atoms with Crippen LogP contribution < -0.4 is 0 Å². The van der Waals surface area contributed by atoms with Gasteiger partial charge in [-0.15, -0.1) is 0 Å². The first-order valence-corrected chi connectivity index (χ1v) is 16.3. The van der Waals surface area contributed by atoms with E-state index in [-0.39, 0.29) is 11.1 Å². The van der Waals surface area contributed by atoms with Crippen molar-refractivity contribution in [1.29, 1.82) is 0 Å². The van der Waals surface area contributed by atoms with Gasteiger partial charge in [0.15, 0.2) is 8.32 Å². The van der Waals surface area contributed by atoms with Crippen LogP contribution >= 0.6 is 0 Å². The molecular weight excluding hydrogens is 388 g/mol. The minimum Gasteiger partial charge on any atom is -0.413 e. The Morgan fingerprint density at radius 2 is 1.34 bits per heavy atom. The standard InChI is InChI=1S/C25H46O2Si2/c1-19(2)29(20(3)4,21(5)6)27-24(23-16-14-13-15-17-23)22(7)18-26-28(11,12)25(8,9)10/h13-17,19-21,24H,7,18H2,1-6,8-12H3. The zero-order chi connectivity index (χ0) is 22.6. The lowest BCUT2D eigenvalue weighted by Crippen LogP contribution is -2.49. The topological polar surface area (TPSA) is 18.5 Å². The molecule has 0 bridgehead atoms. The van der Waals surface area contributed by atoms with Gasteiger partial charge in [0.05, 0.1) is 12.7 Å². The molecule has 29 heavy (non-hydrogen) atoms. The molecule has 0 N–H and O–H groups in total. The van der Waals surface area contributed by atoms with E-state index in [0.29, 0.717) is 23.2 Å². The Labute approximate surface area is 183 Å². The van der Waals surface area contributed by atoms with Crippen LogP contribution in [-0.2, 0) is 8.85 Å². The number of benzene rings is 1. The maximum atomic E-state index is 7.20. The highest BCUT2D eigenvalue weighted by atomic mass is 28.4. The van der Waals surface area contributed by atoms with Crippen molar-refractivity contribution in [2.45, 2.75) is 103 Å². The van der Waals surface area contributed by atoms with Crippen LogP contribution in [-0.4, -0.2) is 23.2 Å². The third-order valence-electron chi connectivity index (χ3n) is 6.93. The van der Waals surface area contributed by atoms with E-state index in [1.807, 2.05) is 0 Å². The second-order valence-corrected chi connectivity index (χ2v) is 21.1. The summed E-state index contributed by atoms with van der Waals surface area (Å²) in [6.07, 6.45) is -0.111. The lowest BCUT2D eigenvalue weighted by molar-refractivity contribution is 0.189. The summed E-state index contributed by atoms with van der Waals surface area (Å²) < 4.78 is 13.7. The quantitative estimate of drug-likeness (QED) is 0.271. The van der Waals surface area contributed by atoms with Gasteiger partial charge in [0, 0.05) is 0 Å². The van der Waals surface area contributed by atoms with Crippen LogP contribution in [0.25, 0.3) is 0 Å². The molecule has 1 aromatic rings. The molecule has 0 spiro atoms. The van der Waals surface area contributed by atoms with Gasteiger partial charge in [-0.25, -0.2) is 0 Å². The molecule has 4 heteroatoms. The fourth-order valence-electron chi connectivity index (χ4n) is 4.19. The maximum absolute atomic E-state index is 7.20. The fraction of sp³-hybridized carbons (Fsp3) is 0.680. The minimum atomic E-state index is -2.05. The molecule has 0 fully saturated rings. The Morgan fingerprint density at radius 3 is 1.72 bits per heavy atom. The van der Waals surface area contributed by atoms with Crippen LogP contribution in [0, 0.1) is 0 Å². The smallest absolute Gasteiger partial charge is 0.201 e. The van der Waals surface area contributed by atoms with Crippen LogP contribution in [0.2, 0.25) is 34.8 Å². The van der Waals surface area contributed by atoms with E-state index in [1.54, 1.807) is 0 Å². The molecule has 166 valence electrons. The average Bonchev–Trinajstić information content (AvgIpc) is 2.59. The van der Waals surface area contributed by atoms with Gasteiger partial charge >= 0.3 is 0 Å². The van der Waals surface area contributed by atoms with Crippen LogP contribution in [0.15, 0.2) is 42.5 Å². The Morgan fingerprint density at radius 1 is 0.897 bits per heavy atom. The van der Waals surface area contributed by atoms with Crippen molar-refractivity contribution >= 4 is 16.6 Å². The van der Waals surface area contributed by atoms with Crippen molar-refractivity contribution < 1.29 is 8.85 Å². The second kappa shape index (κ2) is 10.1. The highest BCUT2D eigenvalue weighted by molar-refractivity contribution is 6.77. The van der Waals surface area contributed by atoms with Crippen LogP contribution in [0.5, 0.6) is 0 Å². The number of hydrogen-bond donors (Lipinski definition) is 0. The van der Waals surface area contributed by atoms with E-state index in [9.17, 15) is 0 Å². The van der Waals surface area contributed by atoms with Gasteiger partial charge in [-0.1, -0.05) is 99.2 Å². The van der Waals surface area contributed by atoms with Crippen molar-refractivity contribution in [3.05, 3.63) is 48.0 Å². The molecule has 1 rings (SSSR count). The number of hydrogen-bond acceptors (Lipinski definition) is 2. The first kappa shape index (κ1) is 26.3. The van der Waals surface area contributed by atoms with Crippen LogP contribution in [0.1, 0.15) is 74.0 Å². The summed E-state index contributed by atoms with van der Waals surface area (Å²) in [6, 6.07) is 10.6. The van der Waals surface area contributed by atoms with E-state index in [4.69, 9.17) is 8.85 Å². The van der Waals surface area contributed by atoms with Crippen molar-refractivity contribution in [1.82, 2.24) is 0 Å². The van der Waals surface area contributed by atoms with E-state index < -0.39 is 16.6 Å². The highest BCUT2D eigenvalue weighted by Crippen LogP contribution is 2.46. The summed E-state index contributed by atoms with van der Waals surface area (Å²) in [6.45, 7) is 30.5. The summed E-state index contributed by atoms with van der Waals surface area (Å²) in [5.41, 5.74) is 3.82. The SMILES string of the molecule is C=C(CO[Si](C)(C)C(C)(C)C)C(O[Si](C(C)C)(C(C)C)C(C)C)c1ccccc1. The van der Waals surface area contributed by atoms with Crippen LogP contribution in [0.4, 0.5) is 0 Å². The van der Waals surface area contributed by atoms with E-state index in [1.165, 1.54) is 5.56 Å². The van der Waals surface area contributed by atoms with Gasteiger partial charge in [0.2, 0.25) is 8.32 Å². The van der Waals surface area contributed by atoms with Crippen molar-refractivity contribution in [3.63, 3.8) is 0 Å². The van der Waals surface area contributed by atoms with E-state index in [2.05, 4.69) is 112 Å². The summed E-state index contributed by atoms with van der Waals surface area (Å²) in [4.78, 5) is 0. The molecule has 0 aliphatic carbocycles. The molecule has 0 radical (unpaired) electrons. The Hall–Kier alpha value is -0.686. The first-order valence-electron chi connectivity index (χ1n) is 11.2. The van der Waals surface area contributed by atoms with E-state index in [0.717, 1.165) is 5.57 Å². The van der Waals surface area contributed by atoms with Gasteiger partial charge in [0.1, 0.15) is 0 Å². The molecule has 1 aromatic carbocycles. The van der Waals surface area contributed by atoms with Gasteiger partial charge < -0.3 is 8.85 Å². The molecule has 0 amide bonds. The molecule has 1 atom stereocenters. The van der Waals surface area contributed by atoms with Crippen molar-refractivity contribution in [2.75, 3.05) is 6.61 Å². The van der Waals surface area contributed by atoms with E-state index >= 15 is 0 Å². The minimum absolute atomic E-state index is 0.111. The van der Waals surface area contributed by atoms with Crippen molar-refractivity contribution in [2.24, 2.45) is 0 Å². The first-order chi connectivity index (χ1) is 13.2. The summed E-state index contributed by atoms with van der Waals surface area (Å²) in [5, 5.41) is 0.183. The highest BCUT2D eigenvalue weighted by Gasteiger charge is 2.47. The zero-order valence-electron chi connectivity index (χ0n) is 20.9. The van der Waals surface area contributed by atoms with Crippen LogP contribution in [0.3, 0.4) is 0 Å². The predicted octanol–water partition coefficient (Wildman–Crippen LogP) is 8.50. The predicted molar refractivity (Wildman–Crippen MR) is 134 cm³/mol. The molecule has 1 unspecified atom stereocenters. The second-order valence-electron chi connectivity index (χ2n) is 10.9. The average molecular weight is 435 g/mol. The Kier molecular flexibility index (Phi) is 9.16. The monoisotopic (exact) mass is 434 g/mol. The molecule has 2 nitrogen and oxygen atoms in total. The van der Waals surface area contributed by atoms with Gasteiger partial charge in [-0.2, -0.15) is 0 Å². The van der Waals surface area contributed by atoms with Gasteiger partial charge in [-0.05, 0) is 45.9 Å². The lowest BCUT2D eigenvalue weighted by Gasteiger charge is -2.45. The maximum Gasteiger partial charge on any atom is 0.201 e. The lowest BCUT2D eigenvalue weighted by atomic mass is 10.0. The summed E-state index contributed by atoms with van der Waals surface area (Å²) in [5.74, 6) is 0. The van der Waals surface area contributed by atoms with Gasteiger partial charge in [0.25, 0.3) is 0 Å². The molecule has 0 aromatic heterocycles. The Bertz CT molecular complexity index is 621. The number of rotatable bonds is 10. The molecule has 0 saturated heterocycles. The third-order valence-corrected chi connectivity index (χ3v) is 17.5. The van der Waals surface area contributed by atoms with Gasteiger partial charge in [-0.3, -0.25) is 0 Å². The zero-order valence-corrected chi connectivity index (χ0v) is 22.9.